The number of nitrogens with two attached hydrogens (primary N) is 1. The molecule has 0 aliphatic heterocycles. The average Bonchev–Trinajstić information content (AvgIpc) is 2.30. The second-order valence-corrected chi connectivity index (χ2v) is 4.94. The predicted octanol–water partition coefficient (Wildman–Crippen LogP) is 2.46. The first-order valence-electron chi connectivity index (χ1n) is 5.93. The van der Waals surface area contributed by atoms with Crippen LogP contribution in [0.4, 0.5) is 5.69 Å². The third kappa shape index (κ3) is 5.27. The van der Waals surface area contributed by atoms with E-state index in [0.29, 0.717) is 28.9 Å². The zero-order chi connectivity index (χ0) is 13.5. The van der Waals surface area contributed by atoms with Crippen LogP contribution >= 0.6 is 11.6 Å². The van der Waals surface area contributed by atoms with E-state index in [0.717, 1.165) is 6.42 Å². The van der Waals surface area contributed by atoms with Crippen molar-refractivity contribution in [1.82, 2.24) is 5.32 Å². The number of carbonyl (C=O) groups is 1. The number of amides is 1. The quantitative estimate of drug-likeness (QED) is 0.781. The zero-order valence-corrected chi connectivity index (χ0v) is 11.5. The Hall–Kier alpha value is -1.42. The van der Waals surface area contributed by atoms with Crippen molar-refractivity contribution in [3.63, 3.8) is 0 Å². The maximum atomic E-state index is 11.5. The van der Waals surface area contributed by atoms with Gasteiger partial charge in [0.2, 0.25) is 0 Å². The number of anilines is 1. The van der Waals surface area contributed by atoms with E-state index in [2.05, 4.69) is 19.2 Å². The molecule has 0 spiro atoms. The molecule has 1 aromatic carbocycles. The van der Waals surface area contributed by atoms with Crippen LogP contribution in [0.3, 0.4) is 0 Å². The summed E-state index contributed by atoms with van der Waals surface area (Å²) in [5, 5.41) is 3.31. The van der Waals surface area contributed by atoms with Gasteiger partial charge < -0.3 is 15.8 Å². The molecule has 0 fully saturated rings. The summed E-state index contributed by atoms with van der Waals surface area (Å²) in [6.07, 6.45) is 0.949. The Morgan fingerprint density at radius 1 is 1.50 bits per heavy atom. The van der Waals surface area contributed by atoms with Gasteiger partial charge >= 0.3 is 0 Å². The van der Waals surface area contributed by atoms with Gasteiger partial charge in [-0.25, -0.2) is 0 Å². The normalized spacial score (nSPS) is 10.4. The summed E-state index contributed by atoms with van der Waals surface area (Å²) in [4.78, 5) is 11.5. The summed E-state index contributed by atoms with van der Waals surface area (Å²) in [7, 11) is 0. The topological polar surface area (TPSA) is 64.3 Å². The molecular formula is C13H19ClN2O2. The fourth-order valence-electron chi connectivity index (χ4n) is 1.33. The van der Waals surface area contributed by atoms with Crippen LogP contribution in [0.5, 0.6) is 5.75 Å². The third-order valence-corrected chi connectivity index (χ3v) is 2.61. The molecule has 0 heterocycles. The average molecular weight is 271 g/mol. The summed E-state index contributed by atoms with van der Waals surface area (Å²) in [5.74, 6) is 0.839. The molecule has 0 bridgehead atoms. The van der Waals surface area contributed by atoms with Gasteiger partial charge in [0.25, 0.3) is 5.91 Å². The van der Waals surface area contributed by atoms with Crippen LogP contribution in [-0.4, -0.2) is 19.1 Å². The lowest BCUT2D eigenvalue weighted by atomic mass is 10.1. The van der Waals surface area contributed by atoms with E-state index < -0.39 is 0 Å². The zero-order valence-electron chi connectivity index (χ0n) is 10.7. The fourth-order valence-corrected chi connectivity index (χ4v) is 1.49. The van der Waals surface area contributed by atoms with Crippen LogP contribution in [0.2, 0.25) is 5.02 Å². The second kappa shape index (κ2) is 7.11. The molecule has 0 aliphatic carbocycles. The largest absolute Gasteiger partial charge is 0.482 e. The number of ether oxygens (including phenoxy) is 1. The minimum Gasteiger partial charge on any atom is -0.482 e. The van der Waals surface area contributed by atoms with Crippen LogP contribution in [0.15, 0.2) is 18.2 Å². The first kappa shape index (κ1) is 14.6. The monoisotopic (exact) mass is 270 g/mol. The Bertz CT molecular complexity index is 408. The first-order chi connectivity index (χ1) is 8.49. The number of benzene rings is 1. The summed E-state index contributed by atoms with van der Waals surface area (Å²) in [6.45, 7) is 4.82. The lowest BCUT2D eigenvalue weighted by Gasteiger charge is -2.10. The maximum Gasteiger partial charge on any atom is 0.257 e. The number of hydrogen-bond donors (Lipinski definition) is 2. The Labute approximate surface area is 112 Å². The lowest BCUT2D eigenvalue weighted by Crippen LogP contribution is -2.30. The molecule has 100 valence electrons. The summed E-state index contributed by atoms with van der Waals surface area (Å²) in [5.41, 5.74) is 6.17. The lowest BCUT2D eigenvalue weighted by molar-refractivity contribution is -0.123. The number of nitrogens with one attached hydrogen (secondary N) is 1. The molecule has 3 N–H and O–H groups in total. The maximum absolute atomic E-state index is 11.5. The molecule has 0 aromatic heterocycles. The van der Waals surface area contributed by atoms with Crippen LogP contribution in [0, 0.1) is 5.92 Å². The minimum absolute atomic E-state index is 0.0529. The van der Waals surface area contributed by atoms with Crippen LogP contribution in [0.25, 0.3) is 0 Å². The van der Waals surface area contributed by atoms with Crippen molar-refractivity contribution in [3.8, 4) is 5.75 Å². The molecule has 0 aliphatic rings. The highest BCUT2D eigenvalue weighted by Crippen LogP contribution is 2.25. The summed E-state index contributed by atoms with van der Waals surface area (Å²) < 4.78 is 5.32. The second-order valence-electron chi connectivity index (χ2n) is 4.50. The first-order valence-corrected chi connectivity index (χ1v) is 6.31. The van der Waals surface area contributed by atoms with Crippen molar-refractivity contribution in [1.29, 1.82) is 0 Å². The third-order valence-electron chi connectivity index (χ3n) is 2.38. The molecular weight excluding hydrogens is 252 g/mol. The molecule has 4 nitrogen and oxygen atoms in total. The SMILES string of the molecule is CC(C)CCNC(=O)COc1cc(Cl)ccc1N. The van der Waals surface area contributed by atoms with Crippen molar-refractivity contribution < 1.29 is 9.53 Å². The molecule has 1 aromatic rings. The highest BCUT2D eigenvalue weighted by molar-refractivity contribution is 6.30. The van der Waals surface area contributed by atoms with Gasteiger partial charge in [-0.1, -0.05) is 25.4 Å². The molecule has 0 saturated carbocycles. The number of halogens is 1. The van der Waals surface area contributed by atoms with Crippen molar-refractivity contribution in [2.75, 3.05) is 18.9 Å². The molecule has 0 unspecified atom stereocenters. The molecule has 1 rings (SSSR count). The highest BCUT2D eigenvalue weighted by Gasteiger charge is 2.06. The molecule has 0 radical (unpaired) electrons. The van der Waals surface area contributed by atoms with Crippen molar-refractivity contribution in [2.24, 2.45) is 5.92 Å². The van der Waals surface area contributed by atoms with Gasteiger partial charge in [-0.2, -0.15) is 0 Å². The van der Waals surface area contributed by atoms with Gasteiger partial charge in [0.1, 0.15) is 5.75 Å². The number of carbonyl (C=O) groups excluding carboxylic acids is 1. The van der Waals surface area contributed by atoms with Crippen molar-refractivity contribution >= 4 is 23.2 Å². The van der Waals surface area contributed by atoms with Crippen molar-refractivity contribution in [2.45, 2.75) is 20.3 Å². The van der Waals surface area contributed by atoms with E-state index >= 15 is 0 Å². The summed E-state index contributed by atoms with van der Waals surface area (Å²) in [6, 6.07) is 4.92. The number of hydrogen-bond acceptors (Lipinski definition) is 3. The molecule has 0 saturated heterocycles. The van der Waals surface area contributed by atoms with E-state index in [1.165, 1.54) is 0 Å². The van der Waals surface area contributed by atoms with Gasteiger partial charge in [0, 0.05) is 17.6 Å². The van der Waals surface area contributed by atoms with Crippen LogP contribution in [0.1, 0.15) is 20.3 Å². The van der Waals surface area contributed by atoms with Gasteiger partial charge in [-0.15, -0.1) is 0 Å². The number of rotatable bonds is 6. The minimum atomic E-state index is -0.157. The Kier molecular flexibility index (Phi) is 5.78. The van der Waals surface area contributed by atoms with E-state index in [4.69, 9.17) is 22.1 Å². The van der Waals surface area contributed by atoms with Gasteiger partial charge in [0.15, 0.2) is 6.61 Å². The molecule has 5 heteroatoms. The Morgan fingerprint density at radius 2 is 2.22 bits per heavy atom. The fraction of sp³-hybridized carbons (Fsp3) is 0.462. The van der Waals surface area contributed by atoms with Crippen LogP contribution in [-0.2, 0) is 4.79 Å². The smallest absolute Gasteiger partial charge is 0.257 e. The highest BCUT2D eigenvalue weighted by atomic mass is 35.5. The Balaban J connectivity index is 2.36. The van der Waals surface area contributed by atoms with E-state index in [1.807, 2.05) is 0 Å². The standard InChI is InChI=1S/C13H19ClN2O2/c1-9(2)5-6-16-13(17)8-18-12-7-10(14)3-4-11(12)15/h3-4,7,9H,5-6,8,15H2,1-2H3,(H,16,17). The van der Waals surface area contributed by atoms with Gasteiger partial charge in [-0.3, -0.25) is 4.79 Å². The molecule has 18 heavy (non-hydrogen) atoms. The summed E-state index contributed by atoms with van der Waals surface area (Å²) >= 11 is 5.81. The molecule has 0 atom stereocenters. The van der Waals surface area contributed by atoms with Crippen molar-refractivity contribution in [3.05, 3.63) is 23.2 Å². The molecule has 1 amide bonds. The number of nitrogen functional groups attached to an aromatic ring is 1. The van der Waals surface area contributed by atoms with E-state index in [9.17, 15) is 4.79 Å². The van der Waals surface area contributed by atoms with Gasteiger partial charge in [-0.05, 0) is 24.5 Å². The van der Waals surface area contributed by atoms with E-state index in [1.54, 1.807) is 18.2 Å². The van der Waals surface area contributed by atoms with E-state index in [-0.39, 0.29) is 12.5 Å². The van der Waals surface area contributed by atoms with Gasteiger partial charge in [0.05, 0.1) is 5.69 Å². The Morgan fingerprint density at radius 3 is 2.89 bits per heavy atom. The predicted molar refractivity (Wildman–Crippen MR) is 73.8 cm³/mol. The van der Waals surface area contributed by atoms with Crippen LogP contribution < -0.4 is 15.8 Å².